The molecule has 3 N–H and O–H groups in total. The molecule has 152 valence electrons. The van der Waals surface area contributed by atoms with Crippen molar-refractivity contribution in [2.75, 3.05) is 0 Å². The van der Waals surface area contributed by atoms with Crippen LogP contribution in [0.5, 0.6) is 0 Å². The number of aromatic nitrogens is 3. The van der Waals surface area contributed by atoms with Crippen molar-refractivity contribution in [2.45, 2.75) is 89.2 Å². The molecule has 1 saturated carbocycles. The molecule has 1 heterocycles. The lowest BCUT2D eigenvalue weighted by Gasteiger charge is -2.30. The van der Waals surface area contributed by atoms with Crippen molar-refractivity contribution in [3.63, 3.8) is 0 Å². The molecule has 1 aromatic rings. The molecule has 8 heteroatoms. The van der Waals surface area contributed by atoms with Crippen LogP contribution in [0, 0.1) is 11.8 Å². The summed E-state index contributed by atoms with van der Waals surface area (Å²) in [6.45, 7) is 9.11. The van der Waals surface area contributed by atoms with Gasteiger partial charge in [-0.05, 0) is 31.6 Å². The molecule has 7 nitrogen and oxygen atoms in total. The van der Waals surface area contributed by atoms with Gasteiger partial charge in [-0.1, -0.05) is 45.4 Å². The van der Waals surface area contributed by atoms with E-state index in [1.54, 1.807) is 0 Å². The maximum atomic E-state index is 12.7. The first kappa shape index (κ1) is 21.7. The maximum absolute atomic E-state index is 12.7. The summed E-state index contributed by atoms with van der Waals surface area (Å²) in [4.78, 5) is 23.8. The van der Waals surface area contributed by atoms with Crippen LogP contribution in [0.4, 0.5) is 0 Å². The van der Waals surface area contributed by atoms with E-state index in [-0.39, 0.29) is 29.5 Å². The first-order valence-corrected chi connectivity index (χ1v) is 10.8. The van der Waals surface area contributed by atoms with Gasteiger partial charge in [-0.2, -0.15) is 0 Å². The van der Waals surface area contributed by atoms with E-state index in [0.717, 1.165) is 23.9 Å². The Kier molecular flexibility index (Phi) is 8.13. The van der Waals surface area contributed by atoms with E-state index < -0.39 is 0 Å². The van der Waals surface area contributed by atoms with E-state index in [0.29, 0.717) is 18.3 Å². The van der Waals surface area contributed by atoms with Gasteiger partial charge in [-0.25, -0.2) is 0 Å². The van der Waals surface area contributed by atoms with Crippen molar-refractivity contribution in [3.05, 3.63) is 5.82 Å². The number of primary amides is 1. The van der Waals surface area contributed by atoms with Gasteiger partial charge >= 0.3 is 0 Å². The highest BCUT2D eigenvalue weighted by Crippen LogP contribution is 2.27. The van der Waals surface area contributed by atoms with Crippen molar-refractivity contribution in [1.29, 1.82) is 0 Å². The van der Waals surface area contributed by atoms with Crippen LogP contribution in [-0.4, -0.2) is 37.9 Å². The van der Waals surface area contributed by atoms with Crippen molar-refractivity contribution in [3.8, 4) is 0 Å². The Hall–Kier alpha value is -1.57. The summed E-state index contributed by atoms with van der Waals surface area (Å²) >= 11 is 1.43. The Morgan fingerprint density at radius 1 is 1.26 bits per heavy atom. The zero-order chi connectivity index (χ0) is 20.0. The van der Waals surface area contributed by atoms with Crippen LogP contribution in [0.1, 0.15) is 65.6 Å². The molecule has 0 aromatic carbocycles. The third-order valence-electron chi connectivity index (χ3n) is 5.03. The molecule has 3 unspecified atom stereocenters. The van der Waals surface area contributed by atoms with Gasteiger partial charge in [0.1, 0.15) is 5.82 Å². The second kappa shape index (κ2) is 10.1. The third-order valence-corrected chi connectivity index (χ3v) is 6.11. The summed E-state index contributed by atoms with van der Waals surface area (Å²) < 4.78 is 2.02. The fourth-order valence-electron chi connectivity index (χ4n) is 3.42. The van der Waals surface area contributed by atoms with Gasteiger partial charge < -0.3 is 15.6 Å². The summed E-state index contributed by atoms with van der Waals surface area (Å²) in [5, 5.41) is 12.2. The Labute approximate surface area is 166 Å². The highest BCUT2D eigenvalue weighted by Gasteiger charge is 2.26. The van der Waals surface area contributed by atoms with Gasteiger partial charge in [0, 0.05) is 25.4 Å². The van der Waals surface area contributed by atoms with E-state index >= 15 is 0 Å². The fraction of sp³-hybridized carbons (Fsp3) is 0.789. The third kappa shape index (κ3) is 6.52. The predicted molar refractivity (Wildman–Crippen MR) is 107 cm³/mol. The van der Waals surface area contributed by atoms with E-state index in [1.807, 2.05) is 11.5 Å². The molecule has 1 fully saturated rings. The Morgan fingerprint density at radius 3 is 2.59 bits per heavy atom. The van der Waals surface area contributed by atoms with Crippen molar-refractivity contribution in [1.82, 2.24) is 20.1 Å². The number of hydrogen-bond acceptors (Lipinski definition) is 5. The molecular weight excluding hydrogens is 362 g/mol. The number of carbonyl (C=O) groups is 2. The molecule has 3 atom stereocenters. The molecule has 27 heavy (non-hydrogen) atoms. The summed E-state index contributed by atoms with van der Waals surface area (Å²) in [5.74, 6) is 1.39. The Morgan fingerprint density at radius 2 is 1.96 bits per heavy atom. The van der Waals surface area contributed by atoms with Gasteiger partial charge in [0.15, 0.2) is 5.16 Å². The smallest absolute Gasteiger partial charge is 0.233 e. The Balaban J connectivity index is 2.03. The minimum Gasteiger partial charge on any atom is -0.370 e. The number of amides is 2. The van der Waals surface area contributed by atoms with Crippen LogP contribution >= 0.6 is 11.8 Å². The Bertz CT molecular complexity index is 646. The molecule has 0 saturated heterocycles. The monoisotopic (exact) mass is 395 g/mol. The van der Waals surface area contributed by atoms with Crippen LogP contribution in [0.25, 0.3) is 0 Å². The molecular formula is C19H33N5O2S. The minimum atomic E-state index is -0.349. The van der Waals surface area contributed by atoms with Crippen LogP contribution in [-0.2, 0) is 22.6 Å². The number of carbonyl (C=O) groups excluding carboxylic acids is 2. The first-order chi connectivity index (χ1) is 12.8. The molecule has 0 radical (unpaired) electrons. The van der Waals surface area contributed by atoms with Gasteiger partial charge in [0.25, 0.3) is 0 Å². The fourth-order valence-corrected chi connectivity index (χ4v) is 4.30. The number of nitrogens with zero attached hydrogens (tertiary/aromatic N) is 3. The lowest BCUT2D eigenvalue weighted by atomic mass is 9.86. The van der Waals surface area contributed by atoms with Gasteiger partial charge in [-0.3, -0.25) is 9.59 Å². The van der Waals surface area contributed by atoms with Crippen LogP contribution < -0.4 is 11.1 Å². The van der Waals surface area contributed by atoms with E-state index in [4.69, 9.17) is 5.73 Å². The topological polar surface area (TPSA) is 103 Å². The number of thioether (sulfide) groups is 1. The van der Waals surface area contributed by atoms with Crippen molar-refractivity contribution < 1.29 is 9.59 Å². The summed E-state index contributed by atoms with van der Waals surface area (Å²) in [6, 6.07) is 0.272. The quantitative estimate of drug-likeness (QED) is 0.626. The van der Waals surface area contributed by atoms with E-state index in [2.05, 4.69) is 36.3 Å². The highest BCUT2D eigenvalue weighted by molar-refractivity contribution is 8.00. The number of hydrogen-bond donors (Lipinski definition) is 2. The number of rotatable bonds is 9. The normalized spacial score (nSPS) is 21.2. The van der Waals surface area contributed by atoms with Crippen LogP contribution in [0.15, 0.2) is 5.16 Å². The number of nitrogens with one attached hydrogen (secondary N) is 1. The second-order valence-electron chi connectivity index (χ2n) is 8.01. The molecule has 2 amide bonds. The summed E-state index contributed by atoms with van der Waals surface area (Å²) in [5.41, 5.74) is 5.26. The van der Waals surface area contributed by atoms with Crippen LogP contribution in [0.2, 0.25) is 0 Å². The van der Waals surface area contributed by atoms with E-state index in [9.17, 15) is 9.59 Å². The second-order valence-corrected chi connectivity index (χ2v) is 9.31. The maximum Gasteiger partial charge on any atom is 0.233 e. The van der Waals surface area contributed by atoms with Crippen molar-refractivity contribution in [2.24, 2.45) is 17.6 Å². The minimum absolute atomic E-state index is 0.0523. The molecule has 0 aliphatic heterocycles. The standard InChI is InChI=1S/C19H33N5O2S/c1-12(2)11-24-17(10-9-16(20)25)22-23-19(24)27-14(4)18(26)21-15-8-6-5-7-13(15)3/h12-15H,5-11H2,1-4H3,(H2,20,25)(H,21,26). The van der Waals surface area contributed by atoms with E-state index in [1.165, 1.54) is 31.0 Å². The molecule has 2 rings (SSSR count). The molecule has 0 spiro atoms. The lowest BCUT2D eigenvalue weighted by molar-refractivity contribution is -0.121. The zero-order valence-electron chi connectivity index (χ0n) is 16.9. The predicted octanol–water partition coefficient (Wildman–Crippen LogP) is 2.53. The SMILES string of the molecule is CC(C)Cn1c(CCC(N)=O)nnc1SC(C)C(=O)NC1CCCCC1C. The first-order valence-electron chi connectivity index (χ1n) is 9.95. The average molecular weight is 396 g/mol. The molecule has 1 aromatic heterocycles. The van der Waals surface area contributed by atoms with Gasteiger partial charge in [-0.15, -0.1) is 10.2 Å². The largest absolute Gasteiger partial charge is 0.370 e. The molecule has 1 aliphatic rings. The molecule has 0 bridgehead atoms. The number of nitrogens with two attached hydrogens (primary N) is 1. The van der Waals surface area contributed by atoms with Gasteiger partial charge in [0.2, 0.25) is 11.8 Å². The average Bonchev–Trinajstić information content (AvgIpc) is 2.96. The van der Waals surface area contributed by atoms with Crippen molar-refractivity contribution >= 4 is 23.6 Å². The summed E-state index contributed by atoms with van der Waals surface area (Å²) in [6.07, 6.45) is 5.39. The number of aryl methyl sites for hydroxylation is 1. The summed E-state index contributed by atoms with van der Waals surface area (Å²) in [7, 11) is 0. The lowest BCUT2D eigenvalue weighted by Crippen LogP contribution is -2.44. The molecule has 1 aliphatic carbocycles. The zero-order valence-corrected chi connectivity index (χ0v) is 17.7. The van der Waals surface area contributed by atoms with Crippen LogP contribution in [0.3, 0.4) is 0 Å². The highest BCUT2D eigenvalue weighted by atomic mass is 32.2. The van der Waals surface area contributed by atoms with Gasteiger partial charge in [0.05, 0.1) is 5.25 Å².